The van der Waals surface area contributed by atoms with E-state index in [2.05, 4.69) is 23.7 Å². The maximum atomic E-state index is 11.5. The van der Waals surface area contributed by atoms with Gasteiger partial charge in [0.15, 0.2) is 13.2 Å². The molecule has 0 saturated heterocycles. The van der Waals surface area contributed by atoms with Gasteiger partial charge in [0.1, 0.15) is 0 Å². The fourth-order valence-corrected chi connectivity index (χ4v) is 2.18. The van der Waals surface area contributed by atoms with E-state index < -0.39 is 33.0 Å². The third-order valence-electron chi connectivity index (χ3n) is 2.84. The van der Waals surface area contributed by atoms with E-state index in [0.29, 0.717) is 11.1 Å². The fraction of sp³-hybridized carbons (Fsp3) is 0.100. The molecule has 0 bridgehead atoms. The first-order chi connectivity index (χ1) is 12.6. The molecule has 0 radical (unpaired) electrons. The van der Waals surface area contributed by atoms with Crippen LogP contribution in [0.4, 0.5) is 0 Å². The Bertz CT molecular complexity index is 824. The lowest BCUT2D eigenvalue weighted by molar-refractivity contribution is -0.116. The summed E-state index contributed by atoms with van der Waals surface area (Å²) in [5.41, 5.74) is 1.37. The van der Waals surface area contributed by atoms with E-state index in [4.69, 9.17) is 9.05 Å². The largest absolute Gasteiger partial charge is 0.698 e. The summed E-state index contributed by atoms with van der Waals surface area (Å²) in [7, 11) is -2.60. The molecule has 0 N–H and O–H groups in total. The average molecular weight is 365 g/mol. The highest BCUT2D eigenvalue weighted by molar-refractivity contribution is 7.33. The monoisotopic (exact) mass is 365 g/mol. The van der Waals surface area contributed by atoms with Gasteiger partial charge >= 0.3 is 8.25 Å². The van der Waals surface area contributed by atoms with Gasteiger partial charge in [-0.25, -0.2) is 0 Å². The highest BCUT2D eigenvalue weighted by Gasteiger charge is 2.23. The second-order valence-corrected chi connectivity index (χ2v) is 5.81. The van der Waals surface area contributed by atoms with E-state index in [9.17, 15) is 14.2 Å². The lowest BCUT2D eigenvalue weighted by Gasteiger charge is -1.88. The Morgan fingerprint density at radius 1 is 0.731 bits per heavy atom. The van der Waals surface area contributed by atoms with Crippen LogP contribution in [-0.4, -0.2) is 24.8 Å². The van der Waals surface area contributed by atoms with E-state index in [0.717, 1.165) is 0 Å². The van der Waals surface area contributed by atoms with Crippen LogP contribution < -0.4 is 0 Å². The minimum absolute atomic E-state index is 0.487. The molecule has 0 aliphatic carbocycles. The van der Waals surface area contributed by atoms with Crippen molar-refractivity contribution in [1.29, 1.82) is 0 Å². The Hall–Kier alpha value is -3.08. The molecule has 0 saturated carbocycles. The molecule has 6 heteroatoms. The van der Waals surface area contributed by atoms with Crippen LogP contribution in [0.25, 0.3) is 0 Å². The van der Waals surface area contributed by atoms with Crippen molar-refractivity contribution in [3.63, 3.8) is 0 Å². The summed E-state index contributed by atoms with van der Waals surface area (Å²) < 4.78 is 21.0. The molecule has 2 rings (SSSR count). The molecule has 0 amide bonds. The van der Waals surface area contributed by atoms with Crippen molar-refractivity contribution in [3.8, 4) is 23.7 Å². The van der Waals surface area contributed by atoms with Gasteiger partial charge in [0.25, 0.3) is 0 Å². The minimum Gasteiger partial charge on any atom is -0.282 e. The second kappa shape index (κ2) is 10.7. The molecule has 0 heterocycles. The van der Waals surface area contributed by atoms with Gasteiger partial charge in [-0.3, -0.25) is 9.59 Å². The van der Waals surface area contributed by atoms with E-state index in [1.165, 1.54) is 0 Å². The number of rotatable bonds is 6. The number of benzene rings is 2. The standard InChI is InChI=1S/C20H14O5P/c21-19(13-11-17-7-3-1-4-8-17)15-24-26(23)25-16-20(22)14-12-18-9-5-2-6-10-18/h1-10H,15-16H2/q+1. The third kappa shape index (κ3) is 7.66. The summed E-state index contributed by atoms with van der Waals surface area (Å²) in [6, 6.07) is 17.9. The van der Waals surface area contributed by atoms with E-state index >= 15 is 0 Å². The highest BCUT2D eigenvalue weighted by Crippen LogP contribution is 2.22. The second-order valence-electron chi connectivity index (χ2n) is 4.85. The summed E-state index contributed by atoms with van der Waals surface area (Å²) in [6.45, 7) is -0.974. The Labute approximate surface area is 152 Å². The summed E-state index contributed by atoms with van der Waals surface area (Å²) in [5, 5.41) is 0. The number of carbonyl (C=O) groups is 2. The first kappa shape index (κ1) is 19.2. The van der Waals surface area contributed by atoms with Gasteiger partial charge in [0, 0.05) is 15.7 Å². The van der Waals surface area contributed by atoms with Gasteiger partial charge in [0.05, 0.1) is 0 Å². The van der Waals surface area contributed by atoms with Crippen LogP contribution in [0.3, 0.4) is 0 Å². The van der Waals surface area contributed by atoms with E-state index in [1.807, 2.05) is 12.1 Å². The fourth-order valence-electron chi connectivity index (χ4n) is 1.66. The average Bonchev–Trinajstić information content (AvgIpc) is 2.69. The van der Waals surface area contributed by atoms with Crippen LogP contribution in [0.1, 0.15) is 11.1 Å². The Balaban J connectivity index is 1.70. The Morgan fingerprint density at radius 3 is 1.50 bits per heavy atom. The van der Waals surface area contributed by atoms with Gasteiger partial charge in [-0.1, -0.05) is 48.2 Å². The smallest absolute Gasteiger partial charge is 0.282 e. The van der Waals surface area contributed by atoms with Crippen LogP contribution >= 0.6 is 8.25 Å². The zero-order valence-electron chi connectivity index (χ0n) is 13.7. The molecule has 0 atom stereocenters. The molecule has 0 fully saturated rings. The van der Waals surface area contributed by atoms with Crippen molar-refractivity contribution >= 4 is 19.8 Å². The Morgan fingerprint density at radius 2 is 1.12 bits per heavy atom. The lowest BCUT2D eigenvalue weighted by Crippen LogP contribution is -2.05. The topological polar surface area (TPSA) is 69.7 Å². The quantitative estimate of drug-likeness (QED) is 0.582. The van der Waals surface area contributed by atoms with Crippen LogP contribution in [0.15, 0.2) is 60.7 Å². The maximum absolute atomic E-state index is 11.5. The summed E-state index contributed by atoms with van der Waals surface area (Å²) >= 11 is 0. The van der Waals surface area contributed by atoms with E-state index in [-0.39, 0.29) is 0 Å². The van der Waals surface area contributed by atoms with Crippen molar-refractivity contribution < 1.29 is 23.2 Å². The molecule has 2 aromatic rings. The summed E-state index contributed by atoms with van der Waals surface area (Å²) in [5.74, 6) is 8.98. The molecule has 0 aliphatic rings. The van der Waals surface area contributed by atoms with Crippen LogP contribution in [0.2, 0.25) is 0 Å². The maximum Gasteiger partial charge on any atom is 0.698 e. The van der Waals surface area contributed by atoms with Crippen molar-refractivity contribution in [3.05, 3.63) is 71.8 Å². The predicted octanol–water partition coefficient (Wildman–Crippen LogP) is 2.92. The minimum atomic E-state index is -2.60. The molecule has 0 unspecified atom stereocenters. The van der Waals surface area contributed by atoms with Crippen molar-refractivity contribution in [2.45, 2.75) is 0 Å². The molecule has 2 aromatic carbocycles. The molecule has 0 spiro atoms. The number of ketones is 2. The molecule has 0 aliphatic heterocycles. The molecular formula is C20H14O5P+. The predicted molar refractivity (Wildman–Crippen MR) is 96.2 cm³/mol. The van der Waals surface area contributed by atoms with Gasteiger partial charge in [-0.05, 0) is 36.1 Å². The zero-order valence-corrected chi connectivity index (χ0v) is 14.6. The van der Waals surface area contributed by atoms with Gasteiger partial charge < -0.3 is 0 Å². The highest BCUT2D eigenvalue weighted by atomic mass is 31.1. The van der Waals surface area contributed by atoms with Crippen molar-refractivity contribution in [2.75, 3.05) is 13.2 Å². The molecule has 128 valence electrons. The van der Waals surface area contributed by atoms with Crippen LogP contribution in [0, 0.1) is 23.7 Å². The first-order valence-electron chi connectivity index (χ1n) is 7.56. The number of carbonyl (C=O) groups excluding carboxylic acids is 2. The molecule has 26 heavy (non-hydrogen) atoms. The zero-order chi connectivity index (χ0) is 18.6. The number of hydrogen-bond acceptors (Lipinski definition) is 5. The van der Waals surface area contributed by atoms with Crippen molar-refractivity contribution in [2.24, 2.45) is 0 Å². The van der Waals surface area contributed by atoms with Gasteiger partial charge in [0.2, 0.25) is 11.6 Å². The normalized spacial score (nSPS) is 9.23. The van der Waals surface area contributed by atoms with Crippen molar-refractivity contribution in [1.82, 2.24) is 0 Å². The Kier molecular flexibility index (Phi) is 7.93. The first-order valence-corrected chi connectivity index (χ1v) is 8.66. The summed E-state index contributed by atoms with van der Waals surface area (Å²) in [4.78, 5) is 23.1. The molecule has 5 nitrogen and oxygen atoms in total. The lowest BCUT2D eigenvalue weighted by atomic mass is 10.2. The van der Waals surface area contributed by atoms with Crippen LogP contribution in [0.5, 0.6) is 0 Å². The van der Waals surface area contributed by atoms with Crippen LogP contribution in [-0.2, 0) is 23.2 Å². The SMILES string of the molecule is O=C(C#Cc1ccccc1)CO[P+](=O)OCC(=O)C#Cc1ccccc1. The molecular weight excluding hydrogens is 351 g/mol. The molecule has 0 aromatic heterocycles. The number of hydrogen-bond donors (Lipinski definition) is 0. The summed E-state index contributed by atoms with van der Waals surface area (Å²) in [6.07, 6.45) is 0. The van der Waals surface area contributed by atoms with Gasteiger partial charge in [-0.15, -0.1) is 9.05 Å². The number of Topliss-reactive ketones (excluding diaryl/α,β-unsaturated/α-hetero) is 2. The third-order valence-corrected chi connectivity index (χ3v) is 3.52. The van der Waals surface area contributed by atoms with Gasteiger partial charge in [-0.2, -0.15) is 0 Å². The van der Waals surface area contributed by atoms with E-state index in [1.54, 1.807) is 48.5 Å².